The van der Waals surface area contributed by atoms with Crippen LogP contribution in [0.2, 0.25) is 0 Å². The Bertz CT molecular complexity index is 778. The van der Waals surface area contributed by atoms with Crippen molar-refractivity contribution in [1.29, 1.82) is 0 Å². The minimum absolute atomic E-state index is 0.150. The predicted molar refractivity (Wildman–Crippen MR) is 110 cm³/mol. The molecule has 0 spiro atoms. The zero-order valence-corrected chi connectivity index (χ0v) is 16.4. The number of benzene rings is 2. The molecule has 5 heteroatoms. The Balaban J connectivity index is 1.50. The van der Waals surface area contributed by atoms with Gasteiger partial charge in [0.05, 0.1) is 6.61 Å². The third-order valence-corrected chi connectivity index (χ3v) is 5.08. The Morgan fingerprint density at radius 2 is 1.64 bits per heavy atom. The maximum atomic E-state index is 12.4. The van der Waals surface area contributed by atoms with Crippen molar-refractivity contribution in [3.05, 3.63) is 59.7 Å². The standard InChI is InChI=1S/C23H28N2O3/c1-2-28-21-14-12-20(13-15-21)25-23(27)19-10-8-17(9-11-19)16-24-22(26)18-6-4-3-5-7-18/h8-15,18H,2-7,16H2,1H3,(H,24,26)(H,25,27). The van der Waals surface area contributed by atoms with Gasteiger partial charge in [-0.1, -0.05) is 31.4 Å². The van der Waals surface area contributed by atoms with Gasteiger partial charge in [-0.2, -0.15) is 0 Å². The van der Waals surface area contributed by atoms with E-state index >= 15 is 0 Å². The first-order valence-electron chi connectivity index (χ1n) is 10.1. The van der Waals surface area contributed by atoms with E-state index in [1.54, 1.807) is 12.1 Å². The van der Waals surface area contributed by atoms with Crippen LogP contribution in [0.15, 0.2) is 48.5 Å². The minimum Gasteiger partial charge on any atom is -0.494 e. The second-order valence-corrected chi connectivity index (χ2v) is 7.16. The minimum atomic E-state index is -0.165. The van der Waals surface area contributed by atoms with Crippen molar-refractivity contribution < 1.29 is 14.3 Å². The third-order valence-electron chi connectivity index (χ3n) is 5.08. The monoisotopic (exact) mass is 380 g/mol. The van der Waals surface area contributed by atoms with E-state index in [1.165, 1.54) is 6.42 Å². The second kappa shape index (κ2) is 9.93. The van der Waals surface area contributed by atoms with E-state index in [9.17, 15) is 9.59 Å². The number of ether oxygens (including phenoxy) is 1. The fourth-order valence-corrected chi connectivity index (χ4v) is 3.48. The van der Waals surface area contributed by atoms with E-state index in [0.717, 1.165) is 42.7 Å². The number of anilines is 1. The van der Waals surface area contributed by atoms with Gasteiger partial charge in [-0.15, -0.1) is 0 Å². The van der Waals surface area contributed by atoms with Crippen LogP contribution in [0.3, 0.4) is 0 Å². The Kier molecular flexibility index (Phi) is 7.06. The smallest absolute Gasteiger partial charge is 0.255 e. The summed E-state index contributed by atoms with van der Waals surface area (Å²) in [6.07, 6.45) is 5.53. The van der Waals surface area contributed by atoms with Gasteiger partial charge in [-0.3, -0.25) is 9.59 Å². The molecule has 0 heterocycles. The molecule has 1 aliphatic carbocycles. The fraction of sp³-hybridized carbons (Fsp3) is 0.391. The molecule has 0 aliphatic heterocycles. The first-order chi connectivity index (χ1) is 13.7. The molecule has 5 nitrogen and oxygen atoms in total. The number of carbonyl (C=O) groups is 2. The highest BCUT2D eigenvalue weighted by Crippen LogP contribution is 2.23. The summed E-state index contributed by atoms with van der Waals surface area (Å²) in [5, 5.41) is 5.90. The highest BCUT2D eigenvalue weighted by molar-refractivity contribution is 6.04. The van der Waals surface area contributed by atoms with Crippen molar-refractivity contribution in [2.45, 2.75) is 45.6 Å². The summed E-state index contributed by atoms with van der Waals surface area (Å²) in [4.78, 5) is 24.6. The number of hydrogen-bond donors (Lipinski definition) is 2. The average molecular weight is 380 g/mol. The molecule has 2 N–H and O–H groups in total. The molecular formula is C23H28N2O3. The molecule has 3 rings (SSSR count). The van der Waals surface area contributed by atoms with E-state index < -0.39 is 0 Å². The average Bonchev–Trinajstić information content (AvgIpc) is 2.74. The third kappa shape index (κ3) is 5.59. The molecule has 1 saturated carbocycles. The first-order valence-corrected chi connectivity index (χ1v) is 10.1. The summed E-state index contributed by atoms with van der Waals surface area (Å²) in [6.45, 7) is 3.04. The van der Waals surface area contributed by atoms with Crippen molar-refractivity contribution in [1.82, 2.24) is 5.32 Å². The molecule has 0 atom stereocenters. The van der Waals surface area contributed by atoms with Crippen molar-refractivity contribution >= 4 is 17.5 Å². The van der Waals surface area contributed by atoms with Crippen LogP contribution in [0.5, 0.6) is 5.75 Å². The molecule has 2 aromatic rings. The summed E-state index contributed by atoms with van der Waals surface area (Å²) < 4.78 is 5.40. The van der Waals surface area contributed by atoms with Gasteiger partial charge < -0.3 is 15.4 Å². The topological polar surface area (TPSA) is 67.4 Å². The van der Waals surface area contributed by atoms with Crippen LogP contribution >= 0.6 is 0 Å². The summed E-state index contributed by atoms with van der Waals surface area (Å²) in [5.41, 5.74) is 2.29. The Morgan fingerprint density at radius 3 is 2.29 bits per heavy atom. The van der Waals surface area contributed by atoms with Crippen LogP contribution in [0.1, 0.15) is 54.9 Å². The molecule has 1 fully saturated rings. The van der Waals surface area contributed by atoms with E-state index in [2.05, 4.69) is 10.6 Å². The summed E-state index contributed by atoms with van der Waals surface area (Å²) in [7, 11) is 0. The maximum Gasteiger partial charge on any atom is 0.255 e. The van der Waals surface area contributed by atoms with Crippen molar-refractivity contribution in [3.63, 3.8) is 0 Å². The lowest BCUT2D eigenvalue weighted by Gasteiger charge is -2.20. The number of rotatable bonds is 7. The molecule has 148 valence electrons. The summed E-state index contributed by atoms with van der Waals surface area (Å²) >= 11 is 0. The van der Waals surface area contributed by atoms with Crippen LogP contribution in [0, 0.1) is 5.92 Å². The van der Waals surface area contributed by atoms with Gasteiger partial charge in [0.1, 0.15) is 5.75 Å². The van der Waals surface area contributed by atoms with Gasteiger partial charge in [0.25, 0.3) is 5.91 Å². The normalized spacial score (nSPS) is 14.3. The lowest BCUT2D eigenvalue weighted by molar-refractivity contribution is -0.126. The van der Waals surface area contributed by atoms with Gasteiger partial charge in [0.15, 0.2) is 0 Å². The fourth-order valence-electron chi connectivity index (χ4n) is 3.48. The largest absolute Gasteiger partial charge is 0.494 e. The number of nitrogens with one attached hydrogen (secondary N) is 2. The first kappa shape index (κ1) is 19.9. The Hall–Kier alpha value is -2.82. The van der Waals surface area contributed by atoms with E-state index in [-0.39, 0.29) is 17.7 Å². The number of hydrogen-bond acceptors (Lipinski definition) is 3. The van der Waals surface area contributed by atoms with Gasteiger partial charge in [0.2, 0.25) is 5.91 Å². The molecule has 2 amide bonds. The summed E-state index contributed by atoms with van der Waals surface area (Å²) in [6, 6.07) is 14.6. The Labute approximate surface area is 166 Å². The zero-order chi connectivity index (χ0) is 19.8. The molecule has 0 unspecified atom stereocenters. The molecule has 0 radical (unpaired) electrons. The molecule has 0 bridgehead atoms. The van der Waals surface area contributed by atoms with Crippen LogP contribution in [-0.4, -0.2) is 18.4 Å². The van der Waals surface area contributed by atoms with Crippen LogP contribution in [-0.2, 0) is 11.3 Å². The van der Waals surface area contributed by atoms with Crippen molar-refractivity contribution in [3.8, 4) is 5.75 Å². The van der Waals surface area contributed by atoms with E-state index in [0.29, 0.717) is 18.7 Å². The Morgan fingerprint density at radius 1 is 0.964 bits per heavy atom. The maximum absolute atomic E-state index is 12.4. The molecule has 1 aliphatic rings. The van der Waals surface area contributed by atoms with E-state index in [4.69, 9.17) is 4.74 Å². The van der Waals surface area contributed by atoms with Crippen molar-refractivity contribution in [2.24, 2.45) is 5.92 Å². The zero-order valence-electron chi connectivity index (χ0n) is 16.4. The number of carbonyl (C=O) groups excluding carboxylic acids is 2. The highest BCUT2D eigenvalue weighted by atomic mass is 16.5. The van der Waals surface area contributed by atoms with Gasteiger partial charge in [0, 0.05) is 23.7 Å². The predicted octanol–water partition coefficient (Wildman–Crippen LogP) is 4.53. The van der Waals surface area contributed by atoms with Crippen LogP contribution < -0.4 is 15.4 Å². The molecule has 2 aromatic carbocycles. The number of amides is 2. The summed E-state index contributed by atoms with van der Waals surface area (Å²) in [5.74, 6) is 0.923. The molecule has 0 saturated heterocycles. The van der Waals surface area contributed by atoms with E-state index in [1.807, 2.05) is 43.3 Å². The molecule has 0 aromatic heterocycles. The lowest BCUT2D eigenvalue weighted by atomic mass is 9.88. The SMILES string of the molecule is CCOc1ccc(NC(=O)c2ccc(CNC(=O)C3CCCCC3)cc2)cc1. The molecule has 28 heavy (non-hydrogen) atoms. The molecular weight excluding hydrogens is 352 g/mol. The lowest BCUT2D eigenvalue weighted by Crippen LogP contribution is -2.31. The van der Waals surface area contributed by atoms with Gasteiger partial charge in [-0.25, -0.2) is 0 Å². The van der Waals surface area contributed by atoms with Gasteiger partial charge in [-0.05, 0) is 61.7 Å². The second-order valence-electron chi connectivity index (χ2n) is 7.16. The van der Waals surface area contributed by atoms with Crippen molar-refractivity contribution in [2.75, 3.05) is 11.9 Å². The highest BCUT2D eigenvalue weighted by Gasteiger charge is 2.20. The van der Waals surface area contributed by atoms with Crippen LogP contribution in [0.4, 0.5) is 5.69 Å². The van der Waals surface area contributed by atoms with Gasteiger partial charge >= 0.3 is 0 Å². The quantitative estimate of drug-likeness (QED) is 0.741. The van der Waals surface area contributed by atoms with Crippen LogP contribution in [0.25, 0.3) is 0 Å².